The lowest BCUT2D eigenvalue weighted by Crippen LogP contribution is -2.14. The SMILES string of the molecule is Fc1cc(C(F)F)nc(C(F)(F)F)c1F. The maximum Gasteiger partial charge on any atom is 0.436 e. The number of hydrogen-bond donors (Lipinski definition) is 0. The van der Waals surface area contributed by atoms with E-state index in [1.54, 1.807) is 0 Å². The van der Waals surface area contributed by atoms with E-state index < -0.39 is 35.6 Å². The summed E-state index contributed by atoms with van der Waals surface area (Å²) in [6.45, 7) is 0. The zero-order chi connectivity index (χ0) is 11.8. The number of alkyl halides is 5. The second kappa shape index (κ2) is 3.67. The normalized spacial score (nSPS) is 12.3. The number of nitrogens with zero attached hydrogens (tertiary/aromatic N) is 1. The van der Waals surface area contributed by atoms with Crippen LogP contribution in [-0.2, 0) is 6.18 Å². The number of hydrogen-bond acceptors (Lipinski definition) is 1. The van der Waals surface area contributed by atoms with Gasteiger partial charge in [-0.05, 0) is 0 Å². The molecule has 1 aromatic rings. The highest BCUT2D eigenvalue weighted by Gasteiger charge is 2.38. The lowest BCUT2D eigenvalue weighted by molar-refractivity contribution is -0.144. The van der Waals surface area contributed by atoms with Crippen molar-refractivity contribution in [3.8, 4) is 0 Å². The standard InChI is InChI=1S/C7H2F7N/c8-2-1-3(6(10)11)15-5(4(2)9)7(12,13)14/h1,6H. The van der Waals surface area contributed by atoms with Gasteiger partial charge in [-0.15, -0.1) is 0 Å². The van der Waals surface area contributed by atoms with Crippen molar-refractivity contribution in [2.24, 2.45) is 0 Å². The van der Waals surface area contributed by atoms with Crippen LogP contribution >= 0.6 is 0 Å². The zero-order valence-electron chi connectivity index (χ0n) is 6.75. The van der Waals surface area contributed by atoms with Crippen LogP contribution in [0.15, 0.2) is 6.07 Å². The molecule has 84 valence electrons. The molecule has 0 spiro atoms. The second-order valence-corrected chi connectivity index (χ2v) is 2.49. The van der Waals surface area contributed by atoms with Crippen molar-refractivity contribution >= 4 is 0 Å². The molecule has 0 N–H and O–H groups in total. The molecule has 0 aliphatic carbocycles. The molecule has 0 saturated heterocycles. The van der Waals surface area contributed by atoms with E-state index in [1.165, 1.54) is 0 Å². The van der Waals surface area contributed by atoms with Gasteiger partial charge in [-0.1, -0.05) is 0 Å². The van der Waals surface area contributed by atoms with Crippen molar-refractivity contribution in [1.82, 2.24) is 4.98 Å². The first-order valence-electron chi connectivity index (χ1n) is 3.44. The molecule has 0 radical (unpaired) electrons. The largest absolute Gasteiger partial charge is 0.436 e. The molecule has 0 unspecified atom stereocenters. The molecule has 0 fully saturated rings. The third-order valence-corrected chi connectivity index (χ3v) is 1.43. The fourth-order valence-electron chi connectivity index (χ4n) is 0.816. The van der Waals surface area contributed by atoms with Gasteiger partial charge in [0.05, 0.1) is 0 Å². The fourth-order valence-corrected chi connectivity index (χ4v) is 0.816. The minimum Gasteiger partial charge on any atom is -0.239 e. The lowest BCUT2D eigenvalue weighted by atomic mass is 10.2. The van der Waals surface area contributed by atoms with Crippen LogP contribution in [0.25, 0.3) is 0 Å². The Kier molecular flexibility index (Phi) is 2.87. The van der Waals surface area contributed by atoms with Gasteiger partial charge < -0.3 is 0 Å². The Morgan fingerprint density at radius 3 is 2.07 bits per heavy atom. The summed E-state index contributed by atoms with van der Waals surface area (Å²) in [7, 11) is 0. The van der Waals surface area contributed by atoms with Crippen LogP contribution in [0.2, 0.25) is 0 Å². The molecule has 15 heavy (non-hydrogen) atoms. The summed E-state index contributed by atoms with van der Waals surface area (Å²) >= 11 is 0. The summed E-state index contributed by atoms with van der Waals surface area (Å²) in [4.78, 5) is 2.31. The molecule has 0 saturated carbocycles. The number of halogens is 7. The van der Waals surface area contributed by atoms with Crippen molar-refractivity contribution in [2.45, 2.75) is 12.6 Å². The van der Waals surface area contributed by atoms with Crippen LogP contribution < -0.4 is 0 Å². The molecule has 0 bridgehead atoms. The second-order valence-electron chi connectivity index (χ2n) is 2.49. The molecule has 0 amide bonds. The van der Waals surface area contributed by atoms with Gasteiger partial charge in [0, 0.05) is 6.07 Å². The highest BCUT2D eigenvalue weighted by atomic mass is 19.4. The van der Waals surface area contributed by atoms with Crippen LogP contribution in [0, 0.1) is 11.6 Å². The van der Waals surface area contributed by atoms with Gasteiger partial charge in [-0.25, -0.2) is 22.5 Å². The Labute approximate surface area is 78.5 Å². The van der Waals surface area contributed by atoms with Gasteiger partial charge in [-0.2, -0.15) is 13.2 Å². The molecule has 1 rings (SSSR count). The van der Waals surface area contributed by atoms with Crippen molar-refractivity contribution < 1.29 is 30.7 Å². The van der Waals surface area contributed by atoms with Gasteiger partial charge in [-0.3, -0.25) is 0 Å². The average Bonchev–Trinajstić information content (AvgIpc) is 2.06. The van der Waals surface area contributed by atoms with E-state index in [9.17, 15) is 30.7 Å². The van der Waals surface area contributed by atoms with E-state index in [4.69, 9.17) is 0 Å². The Morgan fingerprint density at radius 2 is 1.67 bits per heavy atom. The third-order valence-electron chi connectivity index (χ3n) is 1.43. The zero-order valence-corrected chi connectivity index (χ0v) is 6.75. The van der Waals surface area contributed by atoms with Crippen LogP contribution in [0.4, 0.5) is 30.7 Å². The van der Waals surface area contributed by atoms with Crippen LogP contribution in [-0.4, -0.2) is 4.98 Å². The average molecular weight is 233 g/mol. The summed E-state index contributed by atoms with van der Waals surface area (Å²) < 4.78 is 84.8. The smallest absolute Gasteiger partial charge is 0.239 e. The highest BCUT2D eigenvalue weighted by molar-refractivity contribution is 5.18. The molecule has 0 aromatic carbocycles. The van der Waals surface area contributed by atoms with E-state index in [0.717, 1.165) is 0 Å². The summed E-state index contributed by atoms with van der Waals surface area (Å²) in [6, 6.07) is -0.0742. The van der Waals surface area contributed by atoms with Crippen LogP contribution in [0.3, 0.4) is 0 Å². The van der Waals surface area contributed by atoms with Gasteiger partial charge in [0.1, 0.15) is 5.69 Å². The van der Waals surface area contributed by atoms with E-state index in [0.29, 0.717) is 0 Å². The van der Waals surface area contributed by atoms with Gasteiger partial charge >= 0.3 is 6.18 Å². The minimum atomic E-state index is -5.31. The predicted molar refractivity (Wildman–Crippen MR) is 34.1 cm³/mol. The molecular weight excluding hydrogens is 231 g/mol. The van der Waals surface area contributed by atoms with E-state index in [2.05, 4.69) is 4.98 Å². The monoisotopic (exact) mass is 233 g/mol. The van der Waals surface area contributed by atoms with Crippen LogP contribution in [0.5, 0.6) is 0 Å². The Bertz CT molecular complexity index is 370. The minimum absolute atomic E-state index is 0.0742. The van der Waals surface area contributed by atoms with E-state index in [-0.39, 0.29) is 6.07 Å². The predicted octanol–water partition coefficient (Wildman–Crippen LogP) is 3.32. The molecule has 1 nitrogen and oxygen atoms in total. The Balaban J connectivity index is 3.38. The lowest BCUT2D eigenvalue weighted by Gasteiger charge is -2.09. The van der Waals surface area contributed by atoms with Crippen molar-refractivity contribution in [1.29, 1.82) is 0 Å². The molecule has 0 aliphatic rings. The first kappa shape index (κ1) is 11.7. The first-order chi connectivity index (χ1) is 6.73. The van der Waals surface area contributed by atoms with Crippen molar-refractivity contribution in [3.63, 3.8) is 0 Å². The Morgan fingerprint density at radius 1 is 1.13 bits per heavy atom. The van der Waals surface area contributed by atoms with Crippen molar-refractivity contribution in [3.05, 3.63) is 29.1 Å². The molecular formula is C7H2F7N. The number of pyridine rings is 1. The quantitative estimate of drug-likeness (QED) is 0.678. The highest BCUT2D eigenvalue weighted by Crippen LogP contribution is 2.32. The van der Waals surface area contributed by atoms with Gasteiger partial charge in [0.25, 0.3) is 6.43 Å². The molecule has 0 atom stereocenters. The van der Waals surface area contributed by atoms with Crippen LogP contribution in [0.1, 0.15) is 17.8 Å². The third kappa shape index (κ3) is 2.37. The van der Waals surface area contributed by atoms with Gasteiger partial charge in [0.2, 0.25) is 0 Å². The van der Waals surface area contributed by atoms with E-state index >= 15 is 0 Å². The summed E-state index contributed by atoms with van der Waals surface area (Å²) in [5.74, 6) is -4.29. The maximum atomic E-state index is 12.5. The first-order valence-corrected chi connectivity index (χ1v) is 3.44. The topological polar surface area (TPSA) is 12.9 Å². The van der Waals surface area contributed by atoms with Crippen molar-refractivity contribution in [2.75, 3.05) is 0 Å². The summed E-state index contributed by atoms with van der Waals surface area (Å²) in [5, 5.41) is 0. The molecule has 0 aliphatic heterocycles. The Hall–Kier alpha value is -1.34. The molecule has 8 heteroatoms. The molecule has 1 heterocycles. The fraction of sp³-hybridized carbons (Fsp3) is 0.286. The number of aromatic nitrogens is 1. The van der Waals surface area contributed by atoms with Gasteiger partial charge in [0.15, 0.2) is 17.3 Å². The van der Waals surface area contributed by atoms with E-state index in [1.807, 2.05) is 0 Å². The number of rotatable bonds is 1. The summed E-state index contributed by atoms with van der Waals surface area (Å²) in [6.07, 6.45) is -8.71. The summed E-state index contributed by atoms with van der Waals surface area (Å²) in [5.41, 5.74) is -3.74. The molecule has 1 aromatic heterocycles. The maximum absolute atomic E-state index is 12.5.